The summed E-state index contributed by atoms with van der Waals surface area (Å²) >= 11 is 0. The average Bonchev–Trinajstić information content (AvgIpc) is 2.82. The first kappa shape index (κ1) is 17.8. The number of fused-ring (bicyclic) bond motifs is 5. The lowest BCUT2D eigenvalue weighted by atomic mass is 9.46. The molecule has 0 bridgehead atoms. The lowest BCUT2D eigenvalue weighted by Crippen LogP contribution is -2.52. The van der Waals surface area contributed by atoms with Gasteiger partial charge in [-0.3, -0.25) is 4.79 Å². The van der Waals surface area contributed by atoms with Crippen molar-refractivity contribution in [1.29, 1.82) is 0 Å². The van der Waals surface area contributed by atoms with Gasteiger partial charge in [0.05, 0.1) is 5.76 Å². The van der Waals surface area contributed by atoms with Gasteiger partial charge in [-0.2, -0.15) is 0 Å². The number of allylic oxidation sites excluding steroid dienone is 2. The average molecular weight is 361 g/mol. The van der Waals surface area contributed by atoms with E-state index in [2.05, 4.69) is 39.6 Å². The number of hydrogen-bond acceptors (Lipinski definition) is 2. The molecule has 0 N–H and O–H groups in total. The second-order valence-corrected chi connectivity index (χ2v) is 15.3. The van der Waals surface area contributed by atoms with E-state index in [-0.39, 0.29) is 5.41 Å². The molecule has 0 spiro atoms. The Hall–Kier alpha value is -0.573. The van der Waals surface area contributed by atoms with Gasteiger partial charge < -0.3 is 4.43 Å². The van der Waals surface area contributed by atoms with Gasteiger partial charge in [-0.1, -0.05) is 13.8 Å². The Bertz CT molecular complexity index is 604. The Kier molecular flexibility index (Phi) is 4.07. The van der Waals surface area contributed by atoms with E-state index in [1.54, 1.807) is 0 Å². The second-order valence-electron chi connectivity index (χ2n) is 10.8. The Balaban J connectivity index is 1.58. The van der Waals surface area contributed by atoms with Gasteiger partial charge in [0, 0.05) is 18.3 Å². The van der Waals surface area contributed by atoms with Gasteiger partial charge >= 0.3 is 0 Å². The van der Waals surface area contributed by atoms with E-state index < -0.39 is 8.32 Å². The van der Waals surface area contributed by atoms with Crippen LogP contribution in [0.4, 0.5) is 0 Å². The van der Waals surface area contributed by atoms with Gasteiger partial charge in [0.1, 0.15) is 5.78 Å². The summed E-state index contributed by atoms with van der Waals surface area (Å²) in [6.07, 6.45) is 12.0. The topological polar surface area (TPSA) is 26.3 Å². The minimum absolute atomic E-state index is 0.0149. The summed E-state index contributed by atoms with van der Waals surface area (Å²) < 4.78 is 6.36. The molecule has 140 valence electrons. The molecule has 0 radical (unpaired) electrons. The van der Waals surface area contributed by atoms with Crippen LogP contribution in [-0.2, 0) is 9.22 Å². The zero-order chi connectivity index (χ0) is 18.0. The van der Waals surface area contributed by atoms with Crippen molar-refractivity contribution in [2.75, 3.05) is 0 Å². The summed E-state index contributed by atoms with van der Waals surface area (Å²) in [6.45, 7) is 11.7. The van der Waals surface area contributed by atoms with Gasteiger partial charge in [-0.05, 0) is 93.3 Å². The largest absolute Gasteiger partial charge is 0.548 e. The van der Waals surface area contributed by atoms with Crippen molar-refractivity contribution in [1.82, 2.24) is 0 Å². The van der Waals surface area contributed by atoms with Crippen molar-refractivity contribution < 1.29 is 9.22 Å². The van der Waals surface area contributed by atoms with Crippen LogP contribution in [0.25, 0.3) is 0 Å². The standard InChI is InChI=1S/C22H36O2Si/c1-21-12-10-16(24-25(3,4)5)14-15(21)6-7-17-18-8-9-20(23)22(18,2)13-11-19(17)21/h14-15,17-19H,6-13H2,1-5H3. The molecule has 3 heteroatoms. The lowest BCUT2D eigenvalue weighted by molar-refractivity contribution is -0.135. The van der Waals surface area contributed by atoms with Crippen molar-refractivity contribution in [2.45, 2.75) is 84.9 Å². The van der Waals surface area contributed by atoms with Crippen LogP contribution < -0.4 is 0 Å². The smallest absolute Gasteiger partial charge is 0.241 e. The zero-order valence-corrected chi connectivity index (χ0v) is 17.9. The summed E-state index contributed by atoms with van der Waals surface area (Å²) in [6, 6.07) is 0. The maximum absolute atomic E-state index is 12.5. The molecule has 0 heterocycles. The summed E-state index contributed by atoms with van der Waals surface area (Å²) in [5, 5.41) is 0. The third kappa shape index (κ3) is 2.76. The summed E-state index contributed by atoms with van der Waals surface area (Å²) in [7, 11) is -1.50. The normalized spacial score (nSPS) is 46.8. The number of carbonyl (C=O) groups is 1. The predicted molar refractivity (Wildman–Crippen MR) is 105 cm³/mol. The molecular weight excluding hydrogens is 324 g/mol. The summed E-state index contributed by atoms with van der Waals surface area (Å²) in [4.78, 5) is 12.5. The van der Waals surface area contributed by atoms with Crippen LogP contribution in [0, 0.1) is 34.5 Å². The maximum atomic E-state index is 12.5. The lowest BCUT2D eigenvalue weighted by Gasteiger charge is -2.58. The first-order valence-electron chi connectivity index (χ1n) is 10.6. The van der Waals surface area contributed by atoms with Gasteiger partial charge in [0.2, 0.25) is 8.32 Å². The van der Waals surface area contributed by atoms with Crippen LogP contribution in [0.1, 0.15) is 65.2 Å². The fourth-order valence-corrected chi connectivity index (χ4v) is 8.04. The fraction of sp³-hybridized carbons (Fsp3) is 0.864. The molecule has 6 unspecified atom stereocenters. The van der Waals surface area contributed by atoms with Crippen LogP contribution in [0.3, 0.4) is 0 Å². The van der Waals surface area contributed by atoms with Crippen molar-refractivity contribution in [3.63, 3.8) is 0 Å². The summed E-state index contributed by atoms with van der Waals surface area (Å²) in [5.41, 5.74) is 0.448. The molecule has 0 amide bonds. The number of hydrogen-bond donors (Lipinski definition) is 0. The molecule has 6 atom stereocenters. The molecular formula is C22H36O2Si. The number of rotatable bonds is 2. The monoisotopic (exact) mass is 360 g/mol. The van der Waals surface area contributed by atoms with Gasteiger partial charge in [0.25, 0.3) is 0 Å². The first-order valence-corrected chi connectivity index (χ1v) is 14.0. The third-order valence-corrected chi connectivity index (χ3v) is 9.26. The molecule has 0 saturated heterocycles. The molecule has 3 fully saturated rings. The van der Waals surface area contributed by atoms with E-state index in [9.17, 15) is 4.79 Å². The second kappa shape index (κ2) is 5.71. The molecule has 0 aromatic heterocycles. The van der Waals surface area contributed by atoms with E-state index in [4.69, 9.17) is 4.43 Å². The van der Waals surface area contributed by atoms with Crippen LogP contribution in [0.15, 0.2) is 11.8 Å². The highest BCUT2D eigenvalue weighted by molar-refractivity contribution is 6.70. The Labute approximate surface area is 154 Å². The van der Waals surface area contributed by atoms with Crippen molar-refractivity contribution >= 4 is 14.1 Å². The maximum Gasteiger partial charge on any atom is 0.241 e. The SMILES string of the molecule is CC12CCC3C(CCC4C=C(O[Si](C)(C)C)CCC43C)C1CCC2=O. The zero-order valence-electron chi connectivity index (χ0n) is 16.9. The molecule has 4 aliphatic rings. The van der Waals surface area contributed by atoms with E-state index >= 15 is 0 Å². The number of carbonyl (C=O) groups excluding carboxylic acids is 1. The van der Waals surface area contributed by atoms with Crippen molar-refractivity contribution in [3.8, 4) is 0 Å². The van der Waals surface area contributed by atoms with Gasteiger partial charge in [-0.15, -0.1) is 0 Å². The number of ketones is 1. The van der Waals surface area contributed by atoms with Crippen LogP contribution in [0.5, 0.6) is 0 Å². The molecule has 0 aliphatic heterocycles. The predicted octanol–water partition coefficient (Wildman–Crippen LogP) is 5.94. The quantitative estimate of drug-likeness (QED) is 0.569. The van der Waals surface area contributed by atoms with E-state index in [0.29, 0.717) is 23.0 Å². The molecule has 2 nitrogen and oxygen atoms in total. The van der Waals surface area contributed by atoms with E-state index in [0.717, 1.165) is 37.5 Å². The van der Waals surface area contributed by atoms with E-state index in [1.165, 1.54) is 31.4 Å². The highest BCUT2D eigenvalue weighted by atomic mass is 28.4. The van der Waals surface area contributed by atoms with Gasteiger partial charge in [-0.25, -0.2) is 0 Å². The van der Waals surface area contributed by atoms with Crippen molar-refractivity contribution in [2.24, 2.45) is 34.5 Å². The molecule has 0 aromatic carbocycles. The third-order valence-electron chi connectivity index (χ3n) is 8.39. The molecule has 4 rings (SSSR count). The Morgan fingerprint density at radius 2 is 1.76 bits per heavy atom. The highest BCUT2D eigenvalue weighted by Gasteiger charge is 2.59. The molecule has 0 aromatic rings. The summed E-state index contributed by atoms with van der Waals surface area (Å²) in [5.74, 6) is 4.82. The first-order chi connectivity index (χ1) is 11.6. The van der Waals surface area contributed by atoms with E-state index in [1.807, 2.05) is 0 Å². The van der Waals surface area contributed by atoms with Crippen LogP contribution >= 0.6 is 0 Å². The Morgan fingerprint density at radius 1 is 1.00 bits per heavy atom. The molecule has 3 saturated carbocycles. The van der Waals surface area contributed by atoms with Crippen LogP contribution in [-0.4, -0.2) is 14.1 Å². The minimum atomic E-state index is -1.50. The minimum Gasteiger partial charge on any atom is -0.548 e. The molecule has 4 aliphatic carbocycles. The number of Topliss-reactive ketones (excluding diaryl/α,β-unsaturated/α-hetero) is 1. The molecule has 25 heavy (non-hydrogen) atoms. The van der Waals surface area contributed by atoms with Gasteiger partial charge in [0.15, 0.2) is 0 Å². The highest BCUT2D eigenvalue weighted by Crippen LogP contribution is 2.65. The van der Waals surface area contributed by atoms with Crippen LogP contribution in [0.2, 0.25) is 19.6 Å². The van der Waals surface area contributed by atoms with Crippen molar-refractivity contribution in [3.05, 3.63) is 11.8 Å². The fourth-order valence-electron chi connectivity index (χ4n) is 7.08. The Morgan fingerprint density at radius 3 is 2.48 bits per heavy atom.